The first-order valence-corrected chi connectivity index (χ1v) is 9.55. The molecule has 0 aliphatic carbocycles. The Morgan fingerprint density at radius 2 is 1.92 bits per heavy atom. The Morgan fingerprint density at radius 1 is 1.24 bits per heavy atom. The molecule has 0 saturated heterocycles. The Bertz CT molecular complexity index is 780. The van der Waals surface area contributed by atoms with Gasteiger partial charge < -0.3 is 5.11 Å². The van der Waals surface area contributed by atoms with Gasteiger partial charge in [-0.25, -0.2) is 22.7 Å². The monoisotopic (exact) mass is 386 g/mol. The molecule has 0 bridgehead atoms. The molecule has 0 aliphatic heterocycles. The maximum absolute atomic E-state index is 14.3. The van der Waals surface area contributed by atoms with Crippen molar-refractivity contribution in [1.29, 1.82) is 0 Å². The molecule has 25 heavy (non-hydrogen) atoms. The van der Waals surface area contributed by atoms with Crippen molar-refractivity contribution in [3.63, 3.8) is 0 Å². The van der Waals surface area contributed by atoms with Gasteiger partial charge in [0, 0.05) is 23.9 Å². The Kier molecular flexibility index (Phi) is 6.67. The molecule has 0 spiro atoms. The van der Waals surface area contributed by atoms with E-state index in [2.05, 4.69) is 9.71 Å². The third kappa shape index (κ3) is 5.07. The predicted molar refractivity (Wildman–Crippen MR) is 95.4 cm³/mol. The second-order valence-corrected chi connectivity index (χ2v) is 9.32. The van der Waals surface area contributed by atoms with Gasteiger partial charge in [0.2, 0.25) is 0 Å². The highest BCUT2D eigenvalue weighted by atomic mass is 32.2. The van der Waals surface area contributed by atoms with E-state index in [1.165, 1.54) is 6.20 Å². The van der Waals surface area contributed by atoms with Crippen molar-refractivity contribution in [3.8, 4) is 0 Å². The van der Waals surface area contributed by atoms with Gasteiger partial charge in [-0.2, -0.15) is 0 Å². The van der Waals surface area contributed by atoms with Crippen molar-refractivity contribution < 1.29 is 18.1 Å². The molecule has 4 nitrogen and oxygen atoms in total. The van der Waals surface area contributed by atoms with E-state index in [0.717, 1.165) is 23.9 Å². The zero-order valence-corrected chi connectivity index (χ0v) is 15.8. The molecule has 1 aromatic heterocycles. The molecule has 1 atom stereocenters. The largest absolute Gasteiger partial charge is 0.392 e. The number of nitrogens with one attached hydrogen (secondary N) is 1. The lowest BCUT2D eigenvalue weighted by Crippen LogP contribution is -2.33. The average Bonchev–Trinajstić information content (AvgIpc) is 2.57. The Hall–Kier alpha value is -1.35. The number of benzene rings is 1. The van der Waals surface area contributed by atoms with Crippen LogP contribution < -0.4 is 4.72 Å². The number of hydrogen-bond acceptors (Lipinski definition) is 4. The molecule has 136 valence electrons. The smallest absolute Gasteiger partial charge is 0.137 e. The maximum Gasteiger partial charge on any atom is 0.137 e. The summed E-state index contributed by atoms with van der Waals surface area (Å²) < 4.78 is 43.0. The van der Waals surface area contributed by atoms with Gasteiger partial charge in [0.25, 0.3) is 0 Å². The van der Waals surface area contributed by atoms with Crippen molar-refractivity contribution in [2.24, 2.45) is 0 Å². The second-order valence-electron chi connectivity index (χ2n) is 6.27. The zero-order chi connectivity index (χ0) is 18.6. The molecule has 1 aromatic carbocycles. The lowest BCUT2D eigenvalue weighted by Gasteiger charge is -2.19. The molecule has 0 radical (unpaired) electrons. The van der Waals surface area contributed by atoms with Crippen LogP contribution in [0.3, 0.4) is 0 Å². The highest BCUT2D eigenvalue weighted by Gasteiger charge is 2.22. The van der Waals surface area contributed by atoms with Gasteiger partial charge in [0.1, 0.15) is 16.7 Å². The molecule has 2 N–H and O–H groups in total. The molecule has 0 saturated carbocycles. The molecular formula is C17H20F2N2O2S2. The number of aliphatic hydroxyl groups is 1. The van der Waals surface area contributed by atoms with Crippen LogP contribution in [0.4, 0.5) is 8.78 Å². The van der Waals surface area contributed by atoms with Gasteiger partial charge in [-0.1, -0.05) is 17.8 Å². The van der Waals surface area contributed by atoms with E-state index in [0.29, 0.717) is 10.6 Å². The van der Waals surface area contributed by atoms with Crippen LogP contribution in [0.1, 0.15) is 31.9 Å². The Morgan fingerprint density at radius 3 is 2.56 bits per heavy atom. The molecule has 0 fully saturated rings. The summed E-state index contributed by atoms with van der Waals surface area (Å²) in [4.78, 5) is 4.19. The van der Waals surface area contributed by atoms with E-state index in [4.69, 9.17) is 0 Å². The van der Waals surface area contributed by atoms with Gasteiger partial charge in [-0.05, 0) is 39.0 Å². The predicted octanol–water partition coefficient (Wildman–Crippen LogP) is 3.56. The van der Waals surface area contributed by atoms with Crippen molar-refractivity contribution in [1.82, 2.24) is 9.71 Å². The van der Waals surface area contributed by atoms with E-state index < -0.39 is 27.4 Å². The van der Waals surface area contributed by atoms with Crippen molar-refractivity contribution in [2.75, 3.05) is 0 Å². The van der Waals surface area contributed by atoms with E-state index in [9.17, 15) is 18.1 Å². The van der Waals surface area contributed by atoms with Gasteiger partial charge in [-0.15, -0.1) is 0 Å². The lowest BCUT2D eigenvalue weighted by atomic mass is 10.2. The summed E-state index contributed by atoms with van der Waals surface area (Å²) in [6.07, 6.45) is 1.52. The number of rotatable bonds is 6. The number of hydrogen-bond donors (Lipinski definition) is 2. The Labute approximate surface area is 152 Å². The Balaban J connectivity index is 2.34. The fourth-order valence-electron chi connectivity index (χ4n) is 1.94. The molecule has 0 aliphatic rings. The number of aliphatic hydroxyl groups excluding tert-OH is 1. The number of halogens is 2. The van der Waals surface area contributed by atoms with Crippen LogP contribution in [0.25, 0.3) is 0 Å². The summed E-state index contributed by atoms with van der Waals surface area (Å²) in [5.74, 6) is -1.19. The van der Waals surface area contributed by atoms with Crippen molar-refractivity contribution in [3.05, 3.63) is 53.2 Å². The van der Waals surface area contributed by atoms with Crippen molar-refractivity contribution >= 4 is 22.7 Å². The normalized spacial score (nSPS) is 13.0. The number of nitrogens with zero attached hydrogens (tertiary/aromatic N) is 1. The quantitative estimate of drug-likeness (QED) is 0.797. The van der Waals surface area contributed by atoms with Crippen LogP contribution in [0.15, 0.2) is 40.4 Å². The van der Waals surface area contributed by atoms with Crippen LogP contribution in [-0.4, -0.2) is 19.0 Å². The first-order valence-electron chi connectivity index (χ1n) is 7.59. The summed E-state index contributed by atoms with van der Waals surface area (Å²) >= 11 is 0.940. The molecule has 8 heteroatoms. The highest BCUT2D eigenvalue weighted by molar-refractivity contribution is 7.99. The second kappa shape index (κ2) is 8.35. The molecule has 1 heterocycles. The van der Waals surface area contributed by atoms with E-state index in [1.807, 2.05) is 0 Å². The first-order chi connectivity index (χ1) is 11.7. The van der Waals surface area contributed by atoms with Gasteiger partial charge >= 0.3 is 0 Å². The van der Waals surface area contributed by atoms with Crippen LogP contribution in [0.2, 0.25) is 0 Å². The standard InChI is InChI=1S/C17H20F2N2O2S2/c1-17(2,3)25(23)21-9-12-13(18)6-7-14(19)15(12)24-16-11(10-22)5-4-8-20-16/h4-8,21-22H,9-10H2,1-3H3. The summed E-state index contributed by atoms with van der Waals surface area (Å²) in [6.45, 7) is 5.02. The third-order valence-electron chi connectivity index (χ3n) is 3.31. The van der Waals surface area contributed by atoms with Crippen LogP contribution in [0, 0.1) is 11.6 Å². The van der Waals surface area contributed by atoms with E-state index in [1.54, 1.807) is 32.9 Å². The third-order valence-corrected chi connectivity index (χ3v) is 6.04. The molecular weight excluding hydrogens is 366 g/mol. The van der Waals surface area contributed by atoms with Crippen LogP contribution >= 0.6 is 11.8 Å². The maximum atomic E-state index is 14.3. The molecule has 2 rings (SSSR count). The van der Waals surface area contributed by atoms with Crippen LogP contribution in [-0.2, 0) is 24.1 Å². The topological polar surface area (TPSA) is 62.2 Å². The number of pyridine rings is 1. The lowest BCUT2D eigenvalue weighted by molar-refractivity contribution is 0.278. The fraction of sp³-hybridized carbons (Fsp3) is 0.353. The van der Waals surface area contributed by atoms with Gasteiger partial charge in [0.15, 0.2) is 0 Å². The van der Waals surface area contributed by atoms with Gasteiger partial charge in [0.05, 0.1) is 27.2 Å². The zero-order valence-electron chi connectivity index (χ0n) is 14.2. The van der Waals surface area contributed by atoms with Gasteiger partial charge in [-0.3, -0.25) is 0 Å². The SMILES string of the molecule is CC(C)(C)S(=O)NCc1c(F)ccc(F)c1Sc1ncccc1CO. The van der Waals surface area contributed by atoms with Crippen LogP contribution in [0.5, 0.6) is 0 Å². The minimum absolute atomic E-state index is 0.0619. The van der Waals surface area contributed by atoms with Crippen molar-refractivity contribution in [2.45, 2.75) is 48.6 Å². The molecule has 2 aromatic rings. The number of aromatic nitrogens is 1. The first kappa shape index (κ1) is 20.0. The van der Waals surface area contributed by atoms with E-state index >= 15 is 0 Å². The minimum Gasteiger partial charge on any atom is -0.392 e. The minimum atomic E-state index is -1.42. The summed E-state index contributed by atoms with van der Waals surface area (Å²) in [5.41, 5.74) is 0.602. The summed E-state index contributed by atoms with van der Waals surface area (Å²) in [6, 6.07) is 5.41. The molecule has 1 unspecified atom stereocenters. The average molecular weight is 386 g/mol. The van der Waals surface area contributed by atoms with E-state index in [-0.39, 0.29) is 23.6 Å². The summed E-state index contributed by atoms with van der Waals surface area (Å²) in [5, 5.41) is 9.78. The summed E-state index contributed by atoms with van der Waals surface area (Å²) in [7, 11) is -1.42. The highest BCUT2D eigenvalue weighted by Crippen LogP contribution is 2.34. The molecule has 0 amide bonds. The fourth-order valence-corrected chi connectivity index (χ4v) is 3.67.